The first-order valence-corrected chi connectivity index (χ1v) is 7.21. The molecule has 1 fully saturated rings. The van der Waals surface area contributed by atoms with Crippen LogP contribution in [0.15, 0.2) is 18.2 Å². The molecule has 0 bridgehead atoms. The van der Waals surface area contributed by atoms with Crippen LogP contribution in [0.1, 0.15) is 55.5 Å². The summed E-state index contributed by atoms with van der Waals surface area (Å²) >= 11 is 0. The van der Waals surface area contributed by atoms with Crippen LogP contribution in [-0.2, 0) is 6.18 Å². The van der Waals surface area contributed by atoms with E-state index in [9.17, 15) is 13.2 Å². The van der Waals surface area contributed by atoms with Gasteiger partial charge >= 0.3 is 6.18 Å². The van der Waals surface area contributed by atoms with E-state index >= 15 is 0 Å². The minimum atomic E-state index is -4.60. The molecule has 0 aliphatic heterocycles. The van der Waals surface area contributed by atoms with E-state index in [1.807, 2.05) is 12.1 Å². The molecule has 4 nitrogen and oxygen atoms in total. The fourth-order valence-electron chi connectivity index (χ4n) is 2.47. The monoisotopic (exact) mass is 310 g/mol. The van der Waals surface area contributed by atoms with Gasteiger partial charge in [0.2, 0.25) is 5.95 Å². The summed E-state index contributed by atoms with van der Waals surface area (Å²) in [4.78, 5) is 3.34. The van der Waals surface area contributed by atoms with Gasteiger partial charge in [-0.3, -0.25) is 0 Å². The fraction of sp³-hybridized carbons (Fsp3) is 0.467. The van der Waals surface area contributed by atoms with Gasteiger partial charge in [0.1, 0.15) is 0 Å². The lowest BCUT2D eigenvalue weighted by atomic mass is 9.97. The highest BCUT2D eigenvalue weighted by atomic mass is 19.4. The molecule has 0 saturated heterocycles. The van der Waals surface area contributed by atoms with Gasteiger partial charge in [-0.25, -0.2) is 0 Å². The van der Waals surface area contributed by atoms with Crippen LogP contribution in [0.3, 0.4) is 0 Å². The highest BCUT2D eigenvalue weighted by molar-refractivity contribution is 5.50. The van der Waals surface area contributed by atoms with Crippen molar-refractivity contribution in [1.29, 1.82) is 0 Å². The van der Waals surface area contributed by atoms with Crippen LogP contribution in [0.4, 0.5) is 19.1 Å². The number of nitrogen functional groups attached to an aromatic ring is 1. The molecule has 1 aromatic heterocycles. The van der Waals surface area contributed by atoms with Gasteiger partial charge in [0, 0.05) is 0 Å². The van der Waals surface area contributed by atoms with Crippen molar-refractivity contribution in [2.45, 2.75) is 44.7 Å². The molecule has 3 rings (SSSR count). The molecule has 2 aromatic rings. The van der Waals surface area contributed by atoms with E-state index in [2.05, 4.69) is 23.9 Å². The number of rotatable bonds is 3. The predicted molar refractivity (Wildman–Crippen MR) is 76.8 cm³/mol. The molecule has 22 heavy (non-hydrogen) atoms. The lowest BCUT2D eigenvalue weighted by molar-refractivity contribution is -0.144. The number of nitrogens with zero attached hydrogens (tertiary/aromatic N) is 3. The Bertz CT molecular complexity index is 699. The molecule has 118 valence electrons. The van der Waals surface area contributed by atoms with Gasteiger partial charge in [-0.1, -0.05) is 26.0 Å². The van der Waals surface area contributed by atoms with Crippen LogP contribution in [0.2, 0.25) is 0 Å². The largest absolute Gasteiger partial charge is 0.453 e. The highest BCUT2D eigenvalue weighted by Crippen LogP contribution is 2.44. The summed E-state index contributed by atoms with van der Waals surface area (Å²) < 4.78 is 39.3. The van der Waals surface area contributed by atoms with Crippen LogP contribution in [0, 0.1) is 0 Å². The fourth-order valence-corrected chi connectivity index (χ4v) is 2.47. The van der Waals surface area contributed by atoms with Gasteiger partial charge in [0.15, 0.2) is 0 Å². The third kappa shape index (κ3) is 2.67. The van der Waals surface area contributed by atoms with Crippen molar-refractivity contribution < 1.29 is 13.2 Å². The lowest BCUT2D eigenvalue weighted by Crippen LogP contribution is -2.09. The molecule has 1 aliphatic rings. The Morgan fingerprint density at radius 3 is 2.45 bits per heavy atom. The van der Waals surface area contributed by atoms with E-state index in [1.165, 1.54) is 0 Å². The molecule has 1 saturated carbocycles. The molecule has 0 radical (unpaired) electrons. The van der Waals surface area contributed by atoms with E-state index in [-0.39, 0.29) is 5.95 Å². The van der Waals surface area contributed by atoms with Gasteiger partial charge in [0.05, 0.1) is 5.69 Å². The van der Waals surface area contributed by atoms with E-state index in [1.54, 1.807) is 6.07 Å². The molecule has 0 amide bonds. The van der Waals surface area contributed by atoms with Crippen molar-refractivity contribution in [2.24, 2.45) is 0 Å². The zero-order chi connectivity index (χ0) is 16.1. The number of hydrogen-bond acceptors (Lipinski definition) is 3. The highest BCUT2D eigenvalue weighted by Gasteiger charge is 2.37. The average molecular weight is 310 g/mol. The number of alkyl halides is 3. The third-order valence-electron chi connectivity index (χ3n) is 3.85. The zero-order valence-corrected chi connectivity index (χ0v) is 12.4. The number of halogens is 3. The number of hydrogen-bond donors (Lipinski definition) is 1. The zero-order valence-electron chi connectivity index (χ0n) is 12.4. The summed E-state index contributed by atoms with van der Waals surface area (Å²) in [6.07, 6.45) is -2.53. The Labute approximate surface area is 126 Å². The Hall–Kier alpha value is -2.05. The standard InChI is InChI=1S/C15H17F3N4/c1-8(2)10-5-6-12(11(7-10)9-3-4-9)22-14(19)20-13(21-22)15(16,17)18/h5-9H,3-4H2,1-2H3,(H2,19,20,21). The first kappa shape index (κ1) is 14.9. The van der Waals surface area contributed by atoms with Gasteiger partial charge in [-0.2, -0.15) is 22.8 Å². The van der Waals surface area contributed by atoms with E-state index in [0.717, 1.165) is 28.7 Å². The molecule has 1 heterocycles. The average Bonchev–Trinajstić information content (AvgIpc) is 3.19. The Morgan fingerprint density at radius 1 is 1.27 bits per heavy atom. The van der Waals surface area contributed by atoms with Crippen molar-refractivity contribution >= 4 is 5.95 Å². The predicted octanol–water partition coefficient (Wildman–Crippen LogP) is 3.87. The SMILES string of the molecule is CC(C)c1ccc(-n2nc(C(F)(F)F)nc2N)c(C2CC2)c1. The molecule has 1 aromatic carbocycles. The van der Waals surface area contributed by atoms with E-state index in [0.29, 0.717) is 17.5 Å². The summed E-state index contributed by atoms with van der Waals surface area (Å²) in [7, 11) is 0. The molecule has 0 unspecified atom stereocenters. The van der Waals surface area contributed by atoms with Gasteiger partial charge in [0.25, 0.3) is 5.82 Å². The molecule has 2 N–H and O–H groups in total. The number of nitrogens with two attached hydrogens (primary N) is 1. The van der Waals surface area contributed by atoms with Crippen molar-refractivity contribution in [1.82, 2.24) is 14.8 Å². The number of benzene rings is 1. The minimum absolute atomic E-state index is 0.244. The smallest absolute Gasteiger partial charge is 0.368 e. The van der Waals surface area contributed by atoms with Crippen LogP contribution in [0.5, 0.6) is 0 Å². The quantitative estimate of drug-likeness (QED) is 0.936. The second-order valence-corrected chi connectivity index (χ2v) is 5.95. The first-order chi connectivity index (χ1) is 10.3. The molecular weight excluding hydrogens is 293 g/mol. The van der Waals surface area contributed by atoms with Crippen molar-refractivity contribution in [3.05, 3.63) is 35.2 Å². The van der Waals surface area contributed by atoms with Crippen molar-refractivity contribution in [3.63, 3.8) is 0 Å². The van der Waals surface area contributed by atoms with Crippen molar-refractivity contribution in [3.8, 4) is 5.69 Å². The summed E-state index contributed by atoms with van der Waals surface area (Å²) in [5.41, 5.74) is 8.39. The first-order valence-electron chi connectivity index (χ1n) is 7.21. The maximum Gasteiger partial charge on any atom is 0.453 e. The van der Waals surface area contributed by atoms with Gasteiger partial charge in [-0.15, -0.1) is 5.10 Å². The summed E-state index contributed by atoms with van der Waals surface area (Å²) in [5, 5.41) is 3.55. The summed E-state index contributed by atoms with van der Waals surface area (Å²) in [6, 6.07) is 5.74. The van der Waals surface area contributed by atoms with Gasteiger partial charge < -0.3 is 5.73 Å². The summed E-state index contributed by atoms with van der Waals surface area (Å²) in [6.45, 7) is 4.16. The Morgan fingerprint density at radius 2 is 1.95 bits per heavy atom. The second kappa shape index (κ2) is 5.00. The van der Waals surface area contributed by atoms with Crippen LogP contribution in [0.25, 0.3) is 5.69 Å². The molecule has 0 atom stereocenters. The maximum atomic E-state index is 12.7. The number of aromatic nitrogens is 3. The van der Waals surface area contributed by atoms with E-state index in [4.69, 9.17) is 5.73 Å². The van der Waals surface area contributed by atoms with Crippen molar-refractivity contribution in [2.75, 3.05) is 5.73 Å². The Kier molecular flexibility index (Phi) is 3.38. The third-order valence-corrected chi connectivity index (χ3v) is 3.85. The second-order valence-electron chi connectivity index (χ2n) is 5.95. The lowest BCUT2D eigenvalue weighted by Gasteiger charge is -2.13. The van der Waals surface area contributed by atoms with Gasteiger partial charge in [-0.05, 0) is 41.9 Å². The van der Waals surface area contributed by atoms with Crippen LogP contribution < -0.4 is 5.73 Å². The molecule has 1 aliphatic carbocycles. The molecular formula is C15H17F3N4. The normalized spacial score (nSPS) is 15.5. The maximum absolute atomic E-state index is 12.7. The van der Waals surface area contributed by atoms with Crippen LogP contribution in [-0.4, -0.2) is 14.8 Å². The molecule has 0 spiro atoms. The topological polar surface area (TPSA) is 56.7 Å². The minimum Gasteiger partial charge on any atom is -0.368 e. The van der Waals surface area contributed by atoms with Crippen LogP contribution >= 0.6 is 0 Å². The van der Waals surface area contributed by atoms with E-state index < -0.39 is 12.0 Å². The number of anilines is 1. The Balaban J connectivity index is 2.10. The summed E-state index contributed by atoms with van der Waals surface area (Å²) in [5.74, 6) is -0.733. The molecule has 7 heteroatoms.